The van der Waals surface area contributed by atoms with Gasteiger partial charge in [-0.3, -0.25) is 0 Å². The summed E-state index contributed by atoms with van der Waals surface area (Å²) in [6.07, 6.45) is 5.07. The molecule has 0 aliphatic carbocycles. The van der Waals surface area contributed by atoms with Crippen LogP contribution < -0.4 is 0 Å². The molecule has 16 heavy (non-hydrogen) atoms. The largest absolute Gasteiger partial charge is 0.207 e. The van der Waals surface area contributed by atoms with Gasteiger partial charge in [0.2, 0.25) is 0 Å². The van der Waals surface area contributed by atoms with E-state index in [1.165, 1.54) is 6.07 Å². The Labute approximate surface area is 110 Å². The average molecular weight is 308 g/mol. The van der Waals surface area contributed by atoms with Crippen LogP contribution in [0, 0.1) is 5.82 Å². The van der Waals surface area contributed by atoms with Crippen LogP contribution in [-0.2, 0) is 6.42 Å². The Hall–Kier alpha value is -0.0800. The standard InChI is InChI=1S/C13H17BrClF/c1-2-4-11(15)6-3-5-10-9-12(16)7-8-13(10)14/h7-9,11H,2-6H2,1H3. The molecule has 1 aromatic carbocycles. The molecule has 0 aliphatic heterocycles. The fraction of sp³-hybridized carbons (Fsp3) is 0.538. The van der Waals surface area contributed by atoms with Gasteiger partial charge in [-0.15, -0.1) is 11.6 Å². The van der Waals surface area contributed by atoms with Crippen molar-refractivity contribution in [2.24, 2.45) is 0 Å². The molecule has 1 aromatic rings. The Morgan fingerprint density at radius 1 is 1.38 bits per heavy atom. The third-order valence-electron chi connectivity index (χ3n) is 2.57. The minimum atomic E-state index is -0.172. The van der Waals surface area contributed by atoms with E-state index in [1.54, 1.807) is 12.1 Å². The van der Waals surface area contributed by atoms with Gasteiger partial charge in [0, 0.05) is 9.85 Å². The molecule has 90 valence electrons. The minimum absolute atomic E-state index is 0.172. The smallest absolute Gasteiger partial charge is 0.123 e. The van der Waals surface area contributed by atoms with Crippen molar-refractivity contribution in [3.63, 3.8) is 0 Å². The van der Waals surface area contributed by atoms with Crippen LogP contribution in [0.4, 0.5) is 4.39 Å². The van der Waals surface area contributed by atoms with E-state index in [0.717, 1.165) is 42.1 Å². The van der Waals surface area contributed by atoms with Crippen LogP contribution in [0.1, 0.15) is 38.2 Å². The first-order valence-electron chi connectivity index (χ1n) is 5.71. The van der Waals surface area contributed by atoms with Gasteiger partial charge in [0.05, 0.1) is 0 Å². The summed E-state index contributed by atoms with van der Waals surface area (Å²) in [7, 11) is 0. The third-order valence-corrected chi connectivity index (χ3v) is 3.78. The summed E-state index contributed by atoms with van der Waals surface area (Å²) in [5.41, 5.74) is 1.03. The maximum Gasteiger partial charge on any atom is 0.123 e. The van der Waals surface area contributed by atoms with E-state index in [2.05, 4.69) is 22.9 Å². The average Bonchev–Trinajstić information content (AvgIpc) is 2.23. The zero-order valence-electron chi connectivity index (χ0n) is 9.48. The first-order chi connectivity index (χ1) is 7.63. The van der Waals surface area contributed by atoms with Crippen molar-refractivity contribution >= 4 is 27.5 Å². The molecule has 0 heterocycles. The highest BCUT2D eigenvalue weighted by atomic mass is 79.9. The first kappa shape index (κ1) is 14.0. The molecule has 0 fully saturated rings. The van der Waals surface area contributed by atoms with E-state index in [0.29, 0.717) is 0 Å². The van der Waals surface area contributed by atoms with Crippen LogP contribution in [-0.4, -0.2) is 5.38 Å². The molecule has 1 unspecified atom stereocenters. The van der Waals surface area contributed by atoms with E-state index < -0.39 is 0 Å². The molecule has 1 atom stereocenters. The molecule has 0 amide bonds. The number of alkyl halides is 1. The van der Waals surface area contributed by atoms with E-state index in [1.807, 2.05) is 0 Å². The molecular weight excluding hydrogens is 290 g/mol. The van der Waals surface area contributed by atoms with Gasteiger partial charge in [0.1, 0.15) is 5.82 Å². The highest BCUT2D eigenvalue weighted by molar-refractivity contribution is 9.10. The highest BCUT2D eigenvalue weighted by Crippen LogP contribution is 2.21. The van der Waals surface area contributed by atoms with Crippen LogP contribution in [0.2, 0.25) is 0 Å². The molecule has 0 N–H and O–H groups in total. The van der Waals surface area contributed by atoms with Crippen LogP contribution in [0.5, 0.6) is 0 Å². The number of rotatable bonds is 6. The number of aryl methyl sites for hydroxylation is 1. The normalized spacial score (nSPS) is 12.8. The lowest BCUT2D eigenvalue weighted by Crippen LogP contribution is -1.99. The van der Waals surface area contributed by atoms with Gasteiger partial charge in [-0.2, -0.15) is 0 Å². The fourth-order valence-electron chi connectivity index (χ4n) is 1.71. The molecule has 1 rings (SSSR count). The van der Waals surface area contributed by atoms with Gasteiger partial charge in [-0.25, -0.2) is 4.39 Å². The highest BCUT2D eigenvalue weighted by Gasteiger charge is 2.05. The van der Waals surface area contributed by atoms with Gasteiger partial charge in [-0.05, 0) is 49.4 Å². The Balaban J connectivity index is 2.39. The van der Waals surface area contributed by atoms with Gasteiger partial charge < -0.3 is 0 Å². The topological polar surface area (TPSA) is 0 Å². The predicted octanol–water partition coefficient (Wildman–Crippen LogP) is 5.32. The first-order valence-corrected chi connectivity index (χ1v) is 6.94. The lowest BCUT2D eigenvalue weighted by molar-refractivity contribution is 0.617. The molecule has 0 spiro atoms. The number of hydrogen-bond acceptors (Lipinski definition) is 0. The summed E-state index contributed by atoms with van der Waals surface area (Å²) >= 11 is 9.56. The second-order valence-electron chi connectivity index (χ2n) is 4.01. The Bertz CT molecular complexity index is 328. The molecule has 0 aliphatic rings. The van der Waals surface area contributed by atoms with Crippen molar-refractivity contribution < 1.29 is 4.39 Å². The molecule has 0 saturated heterocycles. The van der Waals surface area contributed by atoms with Gasteiger partial charge in [-0.1, -0.05) is 29.3 Å². The molecular formula is C13H17BrClF. The molecule has 0 nitrogen and oxygen atoms in total. The van der Waals surface area contributed by atoms with E-state index in [9.17, 15) is 4.39 Å². The van der Waals surface area contributed by atoms with Crippen LogP contribution >= 0.6 is 27.5 Å². The van der Waals surface area contributed by atoms with Crippen molar-refractivity contribution in [1.82, 2.24) is 0 Å². The van der Waals surface area contributed by atoms with Crippen molar-refractivity contribution in [3.8, 4) is 0 Å². The minimum Gasteiger partial charge on any atom is -0.207 e. The summed E-state index contributed by atoms with van der Waals surface area (Å²) in [5, 5.41) is 0.261. The Morgan fingerprint density at radius 2 is 2.12 bits per heavy atom. The molecule has 0 bridgehead atoms. The summed E-state index contributed by atoms with van der Waals surface area (Å²) in [6, 6.07) is 4.82. The lowest BCUT2D eigenvalue weighted by Gasteiger charge is -2.08. The van der Waals surface area contributed by atoms with Crippen molar-refractivity contribution in [1.29, 1.82) is 0 Å². The predicted molar refractivity (Wildman–Crippen MR) is 71.6 cm³/mol. The van der Waals surface area contributed by atoms with E-state index in [-0.39, 0.29) is 11.2 Å². The Morgan fingerprint density at radius 3 is 2.81 bits per heavy atom. The zero-order chi connectivity index (χ0) is 12.0. The number of hydrogen-bond donors (Lipinski definition) is 0. The maximum absolute atomic E-state index is 13.0. The SMILES string of the molecule is CCCC(Cl)CCCc1cc(F)ccc1Br. The molecule has 3 heteroatoms. The maximum atomic E-state index is 13.0. The molecule has 0 radical (unpaired) electrons. The summed E-state index contributed by atoms with van der Waals surface area (Å²) in [6.45, 7) is 2.14. The number of benzene rings is 1. The van der Waals surface area contributed by atoms with Crippen LogP contribution in [0.25, 0.3) is 0 Å². The van der Waals surface area contributed by atoms with Crippen molar-refractivity contribution in [2.45, 2.75) is 44.4 Å². The quantitative estimate of drug-likeness (QED) is 0.624. The van der Waals surface area contributed by atoms with Gasteiger partial charge >= 0.3 is 0 Å². The second kappa shape index (κ2) is 7.29. The second-order valence-corrected chi connectivity index (χ2v) is 5.49. The summed E-state index contributed by atoms with van der Waals surface area (Å²) in [5.74, 6) is -0.172. The summed E-state index contributed by atoms with van der Waals surface area (Å²) < 4.78 is 14.0. The number of halogens is 3. The molecule has 0 saturated carbocycles. The zero-order valence-corrected chi connectivity index (χ0v) is 11.8. The Kier molecular flexibility index (Phi) is 6.37. The van der Waals surface area contributed by atoms with Crippen LogP contribution in [0.3, 0.4) is 0 Å². The van der Waals surface area contributed by atoms with Gasteiger partial charge in [0.15, 0.2) is 0 Å². The van der Waals surface area contributed by atoms with Crippen molar-refractivity contribution in [3.05, 3.63) is 34.1 Å². The van der Waals surface area contributed by atoms with E-state index >= 15 is 0 Å². The van der Waals surface area contributed by atoms with Crippen LogP contribution in [0.15, 0.2) is 22.7 Å². The summed E-state index contributed by atoms with van der Waals surface area (Å²) in [4.78, 5) is 0. The van der Waals surface area contributed by atoms with Crippen molar-refractivity contribution in [2.75, 3.05) is 0 Å². The lowest BCUT2D eigenvalue weighted by atomic mass is 10.1. The van der Waals surface area contributed by atoms with E-state index in [4.69, 9.17) is 11.6 Å². The monoisotopic (exact) mass is 306 g/mol. The third kappa shape index (κ3) is 4.84. The fourth-order valence-corrected chi connectivity index (χ4v) is 2.52. The molecule has 0 aromatic heterocycles. The van der Waals surface area contributed by atoms with Gasteiger partial charge in [0.25, 0.3) is 0 Å².